The highest BCUT2D eigenvalue weighted by atomic mass is 19.2. The van der Waals surface area contributed by atoms with E-state index < -0.39 is 11.6 Å². The van der Waals surface area contributed by atoms with E-state index in [1.54, 1.807) is 6.07 Å². The standard InChI is InChI=1S/C20H24F2/c1-2-3-4-5-6-7-9-16-12-14-17(15-13-16)18-10-8-11-19(21)20(18)22/h8,10-15H,2-7,9H2,1H3. The zero-order chi connectivity index (χ0) is 15.8. The first-order valence-corrected chi connectivity index (χ1v) is 8.25. The van der Waals surface area contributed by atoms with Crippen molar-refractivity contribution in [2.24, 2.45) is 0 Å². The van der Waals surface area contributed by atoms with Crippen LogP contribution in [0.2, 0.25) is 0 Å². The third-order valence-electron chi connectivity index (χ3n) is 4.04. The van der Waals surface area contributed by atoms with Crippen molar-refractivity contribution in [1.29, 1.82) is 0 Å². The van der Waals surface area contributed by atoms with Crippen molar-refractivity contribution < 1.29 is 8.78 Å². The Balaban J connectivity index is 1.89. The topological polar surface area (TPSA) is 0 Å². The highest BCUT2D eigenvalue weighted by Gasteiger charge is 2.09. The molecule has 0 aromatic heterocycles. The van der Waals surface area contributed by atoms with Gasteiger partial charge in [0.15, 0.2) is 11.6 Å². The monoisotopic (exact) mass is 302 g/mol. The minimum absolute atomic E-state index is 0.325. The van der Waals surface area contributed by atoms with Crippen molar-refractivity contribution in [3.8, 4) is 11.1 Å². The van der Waals surface area contributed by atoms with Crippen LogP contribution in [0, 0.1) is 11.6 Å². The van der Waals surface area contributed by atoms with Gasteiger partial charge < -0.3 is 0 Å². The van der Waals surface area contributed by atoms with Gasteiger partial charge in [0.1, 0.15) is 0 Å². The molecular formula is C20H24F2. The van der Waals surface area contributed by atoms with Crippen LogP contribution in [0.1, 0.15) is 51.0 Å². The lowest BCUT2D eigenvalue weighted by Gasteiger charge is -2.06. The Bertz CT molecular complexity index is 573. The molecule has 0 N–H and O–H groups in total. The Morgan fingerprint density at radius 3 is 2.18 bits per heavy atom. The Kier molecular flexibility index (Phi) is 6.57. The molecule has 0 spiro atoms. The van der Waals surface area contributed by atoms with Crippen LogP contribution in [0.15, 0.2) is 42.5 Å². The quantitative estimate of drug-likeness (QED) is 0.486. The summed E-state index contributed by atoms with van der Waals surface area (Å²) in [6, 6.07) is 12.1. The van der Waals surface area contributed by atoms with Crippen LogP contribution in [0.25, 0.3) is 11.1 Å². The summed E-state index contributed by atoms with van der Waals surface area (Å²) in [6.45, 7) is 2.23. The molecule has 0 nitrogen and oxygen atoms in total. The second-order valence-electron chi connectivity index (χ2n) is 5.82. The Morgan fingerprint density at radius 2 is 1.45 bits per heavy atom. The molecule has 22 heavy (non-hydrogen) atoms. The van der Waals surface area contributed by atoms with Crippen molar-refractivity contribution in [2.45, 2.75) is 51.9 Å². The van der Waals surface area contributed by atoms with Gasteiger partial charge in [-0.05, 0) is 30.0 Å². The predicted octanol–water partition coefficient (Wildman–Crippen LogP) is 6.53. The van der Waals surface area contributed by atoms with Gasteiger partial charge in [0.2, 0.25) is 0 Å². The largest absolute Gasteiger partial charge is 0.204 e. The molecule has 2 rings (SSSR count). The number of hydrogen-bond acceptors (Lipinski definition) is 0. The molecule has 0 atom stereocenters. The molecule has 0 saturated heterocycles. The predicted molar refractivity (Wildman–Crippen MR) is 88.9 cm³/mol. The van der Waals surface area contributed by atoms with E-state index in [4.69, 9.17) is 0 Å². The van der Waals surface area contributed by atoms with E-state index in [9.17, 15) is 8.78 Å². The average Bonchev–Trinajstić information content (AvgIpc) is 2.54. The summed E-state index contributed by atoms with van der Waals surface area (Å²) in [5.74, 6) is -1.57. The normalized spacial score (nSPS) is 10.9. The molecule has 0 aliphatic heterocycles. The van der Waals surface area contributed by atoms with Crippen LogP contribution < -0.4 is 0 Å². The number of aryl methyl sites for hydroxylation is 1. The minimum atomic E-state index is -0.798. The summed E-state index contributed by atoms with van der Waals surface area (Å²) in [7, 11) is 0. The van der Waals surface area contributed by atoms with E-state index in [1.165, 1.54) is 50.2 Å². The lowest BCUT2D eigenvalue weighted by molar-refractivity contribution is 0.511. The number of benzene rings is 2. The summed E-state index contributed by atoms with van der Waals surface area (Å²) in [5, 5.41) is 0. The molecule has 0 bridgehead atoms. The molecular weight excluding hydrogens is 278 g/mol. The van der Waals surface area contributed by atoms with Crippen LogP contribution in [0.3, 0.4) is 0 Å². The molecule has 118 valence electrons. The van der Waals surface area contributed by atoms with E-state index in [-0.39, 0.29) is 0 Å². The molecule has 0 unspecified atom stereocenters. The van der Waals surface area contributed by atoms with Crippen LogP contribution in [0.4, 0.5) is 8.78 Å². The van der Waals surface area contributed by atoms with Crippen molar-refractivity contribution in [3.05, 3.63) is 59.7 Å². The smallest absolute Gasteiger partial charge is 0.166 e. The molecule has 0 saturated carbocycles. The number of rotatable bonds is 8. The molecule has 2 heteroatoms. The summed E-state index contributed by atoms with van der Waals surface area (Å²) >= 11 is 0. The lowest BCUT2D eigenvalue weighted by Crippen LogP contribution is -1.90. The fourth-order valence-corrected chi connectivity index (χ4v) is 2.69. The fourth-order valence-electron chi connectivity index (χ4n) is 2.69. The molecule has 0 aliphatic rings. The number of unbranched alkanes of at least 4 members (excludes halogenated alkanes) is 5. The van der Waals surface area contributed by atoms with E-state index in [0.29, 0.717) is 5.56 Å². The first-order valence-electron chi connectivity index (χ1n) is 8.25. The van der Waals surface area contributed by atoms with Crippen molar-refractivity contribution in [2.75, 3.05) is 0 Å². The highest BCUT2D eigenvalue weighted by molar-refractivity contribution is 5.64. The maximum absolute atomic E-state index is 13.8. The fraction of sp³-hybridized carbons (Fsp3) is 0.400. The Morgan fingerprint density at radius 1 is 0.773 bits per heavy atom. The zero-order valence-electron chi connectivity index (χ0n) is 13.2. The molecule has 0 amide bonds. The van der Waals surface area contributed by atoms with E-state index in [2.05, 4.69) is 6.92 Å². The third-order valence-corrected chi connectivity index (χ3v) is 4.04. The average molecular weight is 302 g/mol. The van der Waals surface area contributed by atoms with Gasteiger partial charge in [0, 0.05) is 5.56 Å². The molecule has 0 heterocycles. The molecule has 0 aliphatic carbocycles. The van der Waals surface area contributed by atoms with Gasteiger partial charge >= 0.3 is 0 Å². The Hall–Kier alpha value is -1.70. The highest BCUT2D eigenvalue weighted by Crippen LogP contribution is 2.25. The van der Waals surface area contributed by atoms with Crippen molar-refractivity contribution in [1.82, 2.24) is 0 Å². The van der Waals surface area contributed by atoms with Crippen LogP contribution in [-0.4, -0.2) is 0 Å². The number of halogens is 2. The van der Waals surface area contributed by atoms with Crippen LogP contribution in [0.5, 0.6) is 0 Å². The van der Waals surface area contributed by atoms with Gasteiger partial charge in [-0.25, -0.2) is 8.78 Å². The molecule has 0 radical (unpaired) electrons. The van der Waals surface area contributed by atoms with Gasteiger partial charge in [-0.1, -0.05) is 75.4 Å². The van der Waals surface area contributed by atoms with Gasteiger partial charge in [-0.2, -0.15) is 0 Å². The van der Waals surface area contributed by atoms with E-state index >= 15 is 0 Å². The lowest BCUT2D eigenvalue weighted by atomic mass is 10.0. The maximum atomic E-state index is 13.8. The van der Waals surface area contributed by atoms with Gasteiger partial charge in [-0.15, -0.1) is 0 Å². The third kappa shape index (κ3) is 4.66. The van der Waals surface area contributed by atoms with Gasteiger partial charge in [-0.3, -0.25) is 0 Å². The summed E-state index contributed by atoms with van der Waals surface area (Å²) in [6.07, 6.45) is 8.75. The molecule has 0 fully saturated rings. The Labute approximate surface area is 132 Å². The minimum Gasteiger partial charge on any atom is -0.204 e. The second kappa shape index (κ2) is 8.67. The first-order chi connectivity index (χ1) is 10.7. The summed E-state index contributed by atoms with van der Waals surface area (Å²) < 4.78 is 27.0. The van der Waals surface area contributed by atoms with Gasteiger partial charge in [0.25, 0.3) is 0 Å². The first kappa shape index (κ1) is 16.7. The second-order valence-corrected chi connectivity index (χ2v) is 5.82. The van der Waals surface area contributed by atoms with Crippen molar-refractivity contribution in [3.63, 3.8) is 0 Å². The number of hydrogen-bond donors (Lipinski definition) is 0. The van der Waals surface area contributed by atoms with Gasteiger partial charge in [0.05, 0.1) is 0 Å². The maximum Gasteiger partial charge on any atom is 0.166 e. The molecule has 2 aromatic rings. The van der Waals surface area contributed by atoms with E-state index in [0.717, 1.165) is 18.1 Å². The summed E-state index contributed by atoms with van der Waals surface area (Å²) in [4.78, 5) is 0. The van der Waals surface area contributed by atoms with Crippen molar-refractivity contribution >= 4 is 0 Å². The SMILES string of the molecule is CCCCCCCCc1ccc(-c2cccc(F)c2F)cc1. The molecule has 2 aromatic carbocycles. The zero-order valence-corrected chi connectivity index (χ0v) is 13.2. The van der Waals surface area contributed by atoms with E-state index in [1.807, 2.05) is 24.3 Å². The van der Waals surface area contributed by atoms with Crippen LogP contribution in [-0.2, 0) is 6.42 Å². The summed E-state index contributed by atoms with van der Waals surface area (Å²) in [5.41, 5.74) is 2.31. The van der Waals surface area contributed by atoms with Crippen LogP contribution >= 0.6 is 0 Å².